The van der Waals surface area contributed by atoms with E-state index in [1.807, 2.05) is 18.2 Å². The number of benzene rings is 1. The monoisotopic (exact) mass is 261 g/mol. The Labute approximate surface area is 110 Å². The number of tetrazole rings is 1. The summed E-state index contributed by atoms with van der Waals surface area (Å²) in [4.78, 5) is 0. The third-order valence-electron chi connectivity index (χ3n) is 2.91. The molecule has 0 unspecified atom stereocenters. The maximum Gasteiger partial charge on any atom is 0.163 e. The number of fused-ring (bicyclic) bond motifs is 1. The van der Waals surface area contributed by atoms with Gasteiger partial charge in [0.05, 0.1) is 5.69 Å². The fraction of sp³-hybridized carbons (Fsp3) is 0.417. The van der Waals surface area contributed by atoms with Gasteiger partial charge in [-0.1, -0.05) is 0 Å². The number of nitrogens with zero attached hydrogens (tertiary/aromatic N) is 4. The quantitative estimate of drug-likeness (QED) is 0.853. The zero-order chi connectivity index (χ0) is 13.1. The van der Waals surface area contributed by atoms with Gasteiger partial charge in [0.25, 0.3) is 0 Å². The standard InChI is InChI=1S/C12H15N5O2/c13-5-1-2-12-14-15-16-17(12)9-3-4-10-11(8-9)19-7-6-18-10/h3-4,8H,1-2,5-7,13H2. The summed E-state index contributed by atoms with van der Waals surface area (Å²) in [6, 6.07) is 5.67. The maximum atomic E-state index is 5.56. The lowest BCUT2D eigenvalue weighted by molar-refractivity contribution is 0.171. The van der Waals surface area contributed by atoms with Crippen LogP contribution in [0.1, 0.15) is 12.2 Å². The van der Waals surface area contributed by atoms with Gasteiger partial charge in [-0.25, -0.2) is 0 Å². The van der Waals surface area contributed by atoms with Crippen LogP contribution in [0.5, 0.6) is 11.5 Å². The van der Waals surface area contributed by atoms with Crippen molar-refractivity contribution < 1.29 is 9.47 Å². The number of ether oxygens (including phenoxy) is 2. The average Bonchev–Trinajstić information content (AvgIpc) is 2.93. The van der Waals surface area contributed by atoms with Gasteiger partial charge in [0.15, 0.2) is 17.3 Å². The molecule has 0 fully saturated rings. The van der Waals surface area contributed by atoms with Crippen LogP contribution in [0.2, 0.25) is 0 Å². The predicted molar refractivity (Wildman–Crippen MR) is 67.5 cm³/mol. The summed E-state index contributed by atoms with van der Waals surface area (Å²) >= 11 is 0. The molecule has 1 aromatic carbocycles. The molecule has 100 valence electrons. The number of hydrogen-bond donors (Lipinski definition) is 1. The van der Waals surface area contributed by atoms with Crippen molar-refractivity contribution in [2.45, 2.75) is 12.8 Å². The molecule has 1 aromatic heterocycles. The molecule has 0 saturated heterocycles. The summed E-state index contributed by atoms with van der Waals surface area (Å²) in [5.41, 5.74) is 6.37. The maximum absolute atomic E-state index is 5.56. The highest BCUT2D eigenvalue weighted by Crippen LogP contribution is 2.31. The molecular weight excluding hydrogens is 246 g/mol. The minimum absolute atomic E-state index is 0.562. The third-order valence-corrected chi connectivity index (χ3v) is 2.91. The summed E-state index contributed by atoms with van der Waals surface area (Å²) in [5.74, 6) is 2.28. The minimum Gasteiger partial charge on any atom is -0.486 e. The largest absolute Gasteiger partial charge is 0.486 e. The van der Waals surface area contributed by atoms with Gasteiger partial charge < -0.3 is 15.2 Å². The van der Waals surface area contributed by atoms with Crippen LogP contribution in [0.25, 0.3) is 5.69 Å². The summed E-state index contributed by atoms with van der Waals surface area (Å²) in [6.45, 7) is 1.76. The lowest BCUT2D eigenvalue weighted by Gasteiger charge is -2.18. The highest BCUT2D eigenvalue weighted by atomic mass is 16.6. The number of aromatic nitrogens is 4. The number of hydrogen-bond acceptors (Lipinski definition) is 6. The van der Waals surface area contributed by atoms with E-state index in [4.69, 9.17) is 15.2 Å². The van der Waals surface area contributed by atoms with Gasteiger partial charge >= 0.3 is 0 Å². The van der Waals surface area contributed by atoms with Crippen LogP contribution < -0.4 is 15.2 Å². The molecule has 1 aliphatic heterocycles. The fourth-order valence-electron chi connectivity index (χ4n) is 1.99. The van der Waals surface area contributed by atoms with Crippen LogP contribution >= 0.6 is 0 Å². The van der Waals surface area contributed by atoms with E-state index >= 15 is 0 Å². The SMILES string of the molecule is NCCCc1nnnn1-c1ccc2c(c1)OCCO2. The Morgan fingerprint density at radius 1 is 1.21 bits per heavy atom. The van der Waals surface area contributed by atoms with Crippen molar-refractivity contribution in [2.75, 3.05) is 19.8 Å². The molecule has 0 radical (unpaired) electrons. The lowest BCUT2D eigenvalue weighted by atomic mass is 10.2. The van der Waals surface area contributed by atoms with Gasteiger partial charge in [-0.2, -0.15) is 4.68 Å². The van der Waals surface area contributed by atoms with Crippen molar-refractivity contribution in [3.05, 3.63) is 24.0 Å². The number of rotatable bonds is 4. The molecule has 3 rings (SSSR count). The predicted octanol–water partition coefficient (Wildman–Crippen LogP) is 0.325. The lowest BCUT2D eigenvalue weighted by Crippen LogP contribution is -2.15. The topological polar surface area (TPSA) is 88.1 Å². The van der Waals surface area contributed by atoms with E-state index in [1.54, 1.807) is 4.68 Å². The minimum atomic E-state index is 0.562. The average molecular weight is 261 g/mol. The van der Waals surface area contributed by atoms with Gasteiger partial charge in [0.1, 0.15) is 13.2 Å². The fourth-order valence-corrected chi connectivity index (χ4v) is 1.99. The zero-order valence-electron chi connectivity index (χ0n) is 10.5. The summed E-state index contributed by atoms with van der Waals surface area (Å²) in [7, 11) is 0. The molecule has 7 heteroatoms. The first-order valence-corrected chi connectivity index (χ1v) is 6.26. The van der Waals surface area contributed by atoms with Crippen molar-refractivity contribution in [1.82, 2.24) is 20.2 Å². The molecule has 0 aliphatic carbocycles. The Kier molecular flexibility index (Phi) is 3.28. The Morgan fingerprint density at radius 3 is 2.89 bits per heavy atom. The zero-order valence-corrected chi connectivity index (χ0v) is 10.5. The number of nitrogens with two attached hydrogens (primary N) is 1. The molecular formula is C12H15N5O2. The molecule has 0 amide bonds. The Balaban J connectivity index is 1.91. The first-order valence-electron chi connectivity index (χ1n) is 6.26. The van der Waals surface area contributed by atoms with Crippen LogP contribution in [-0.2, 0) is 6.42 Å². The Morgan fingerprint density at radius 2 is 2.05 bits per heavy atom. The van der Waals surface area contributed by atoms with E-state index in [1.165, 1.54) is 0 Å². The second kappa shape index (κ2) is 5.23. The first kappa shape index (κ1) is 11.9. The van der Waals surface area contributed by atoms with Crippen LogP contribution in [0, 0.1) is 0 Å². The van der Waals surface area contributed by atoms with Gasteiger partial charge in [0, 0.05) is 12.5 Å². The second-order valence-corrected chi connectivity index (χ2v) is 4.23. The van der Waals surface area contributed by atoms with E-state index in [9.17, 15) is 0 Å². The normalized spacial score (nSPS) is 13.5. The third kappa shape index (κ3) is 2.37. The number of aryl methyl sites for hydroxylation is 1. The van der Waals surface area contributed by atoms with Crippen LogP contribution in [0.3, 0.4) is 0 Å². The summed E-state index contributed by atoms with van der Waals surface area (Å²) in [5, 5.41) is 11.7. The van der Waals surface area contributed by atoms with Crippen LogP contribution in [0.15, 0.2) is 18.2 Å². The first-order chi connectivity index (χ1) is 9.38. The van der Waals surface area contributed by atoms with E-state index in [-0.39, 0.29) is 0 Å². The smallest absolute Gasteiger partial charge is 0.163 e. The molecule has 19 heavy (non-hydrogen) atoms. The van der Waals surface area contributed by atoms with Crippen molar-refractivity contribution in [1.29, 1.82) is 0 Å². The van der Waals surface area contributed by atoms with Crippen LogP contribution in [-0.4, -0.2) is 40.0 Å². The molecule has 2 aromatic rings. The van der Waals surface area contributed by atoms with Crippen LogP contribution in [0.4, 0.5) is 0 Å². The highest BCUT2D eigenvalue weighted by Gasteiger charge is 2.14. The molecule has 7 nitrogen and oxygen atoms in total. The second-order valence-electron chi connectivity index (χ2n) is 4.23. The van der Waals surface area contributed by atoms with Crippen molar-refractivity contribution in [3.8, 4) is 17.2 Å². The van der Waals surface area contributed by atoms with E-state index < -0.39 is 0 Å². The molecule has 0 spiro atoms. The van der Waals surface area contributed by atoms with E-state index in [0.29, 0.717) is 19.8 Å². The Hall–Kier alpha value is -2.15. The van der Waals surface area contributed by atoms with E-state index in [0.717, 1.165) is 35.9 Å². The van der Waals surface area contributed by atoms with Gasteiger partial charge in [-0.3, -0.25) is 0 Å². The molecule has 1 aliphatic rings. The summed E-state index contributed by atoms with van der Waals surface area (Å²) < 4.78 is 12.7. The molecule has 0 atom stereocenters. The Bertz CT molecular complexity index is 569. The van der Waals surface area contributed by atoms with Gasteiger partial charge in [0.2, 0.25) is 0 Å². The van der Waals surface area contributed by atoms with Gasteiger partial charge in [-0.05, 0) is 35.5 Å². The summed E-state index contributed by atoms with van der Waals surface area (Å²) in [6.07, 6.45) is 1.60. The molecule has 2 N–H and O–H groups in total. The molecule has 0 bridgehead atoms. The molecule has 0 saturated carbocycles. The van der Waals surface area contributed by atoms with Crippen molar-refractivity contribution in [3.63, 3.8) is 0 Å². The van der Waals surface area contributed by atoms with Crippen molar-refractivity contribution in [2.24, 2.45) is 5.73 Å². The molecule has 2 heterocycles. The van der Waals surface area contributed by atoms with E-state index in [2.05, 4.69) is 15.5 Å². The van der Waals surface area contributed by atoms with Crippen molar-refractivity contribution >= 4 is 0 Å². The van der Waals surface area contributed by atoms with Gasteiger partial charge in [-0.15, -0.1) is 5.10 Å². The highest BCUT2D eigenvalue weighted by molar-refractivity contribution is 5.49.